The molecular formula is C22H19N7O4. The second kappa shape index (κ2) is 7.93. The Morgan fingerprint density at radius 1 is 1.21 bits per heavy atom. The molecule has 0 radical (unpaired) electrons. The zero-order valence-corrected chi connectivity index (χ0v) is 17.6. The van der Waals surface area contributed by atoms with Gasteiger partial charge < -0.3 is 10.2 Å². The fraction of sp³-hybridized carbons (Fsp3) is 0.227. The molecule has 1 atom stereocenters. The number of pyridine rings is 1. The minimum Gasteiger partial charge on any atom is -0.322 e. The van der Waals surface area contributed by atoms with Crippen LogP contribution in [0.25, 0.3) is 5.69 Å². The number of nitrogens with zero attached hydrogens (tertiary/aromatic N) is 5. The highest BCUT2D eigenvalue weighted by molar-refractivity contribution is 6.05. The molecule has 2 aromatic heterocycles. The Bertz CT molecular complexity index is 1320. The Morgan fingerprint density at radius 3 is 2.85 bits per heavy atom. The molecule has 1 unspecified atom stereocenters. The Morgan fingerprint density at radius 2 is 2.06 bits per heavy atom. The summed E-state index contributed by atoms with van der Waals surface area (Å²) in [4.78, 5) is 54.6. The van der Waals surface area contributed by atoms with Crippen LogP contribution in [0.4, 0.5) is 5.69 Å². The number of rotatable bonds is 4. The lowest BCUT2D eigenvalue weighted by molar-refractivity contribution is -0.136. The van der Waals surface area contributed by atoms with Gasteiger partial charge in [-0.15, -0.1) is 5.10 Å². The lowest BCUT2D eigenvalue weighted by Crippen LogP contribution is -2.52. The van der Waals surface area contributed by atoms with Crippen molar-refractivity contribution < 1.29 is 19.2 Å². The van der Waals surface area contributed by atoms with Gasteiger partial charge in [-0.05, 0) is 49.2 Å². The third-order valence-corrected chi connectivity index (χ3v) is 5.75. The average molecular weight is 445 g/mol. The van der Waals surface area contributed by atoms with E-state index in [4.69, 9.17) is 0 Å². The van der Waals surface area contributed by atoms with Crippen LogP contribution >= 0.6 is 0 Å². The average Bonchev–Trinajstić information content (AvgIpc) is 3.41. The lowest BCUT2D eigenvalue weighted by Gasteiger charge is -2.29. The first-order chi connectivity index (χ1) is 15.9. The molecule has 0 aliphatic carbocycles. The van der Waals surface area contributed by atoms with Gasteiger partial charge in [-0.1, -0.05) is 5.21 Å². The fourth-order valence-corrected chi connectivity index (χ4v) is 4.00. The van der Waals surface area contributed by atoms with Gasteiger partial charge >= 0.3 is 0 Å². The first kappa shape index (κ1) is 20.5. The molecule has 5 rings (SSSR count). The third kappa shape index (κ3) is 3.73. The normalized spacial score (nSPS) is 17.7. The van der Waals surface area contributed by atoms with Crippen molar-refractivity contribution in [2.45, 2.75) is 32.4 Å². The van der Waals surface area contributed by atoms with E-state index in [1.807, 2.05) is 0 Å². The molecular weight excluding hydrogens is 426 g/mol. The predicted molar refractivity (Wildman–Crippen MR) is 114 cm³/mol. The molecule has 2 N–H and O–H groups in total. The van der Waals surface area contributed by atoms with Crippen molar-refractivity contribution in [1.82, 2.24) is 30.2 Å². The number of aromatic nitrogens is 4. The summed E-state index contributed by atoms with van der Waals surface area (Å²) >= 11 is 0. The Labute approximate surface area is 187 Å². The van der Waals surface area contributed by atoms with Crippen LogP contribution in [0.3, 0.4) is 0 Å². The maximum absolute atomic E-state index is 12.8. The Kier molecular flexibility index (Phi) is 4.93. The zero-order chi connectivity index (χ0) is 23.1. The molecule has 0 spiro atoms. The summed E-state index contributed by atoms with van der Waals surface area (Å²) in [7, 11) is 0. The monoisotopic (exact) mass is 445 g/mol. The van der Waals surface area contributed by atoms with Crippen molar-refractivity contribution in [2.75, 3.05) is 5.32 Å². The van der Waals surface area contributed by atoms with E-state index >= 15 is 0 Å². The van der Waals surface area contributed by atoms with Crippen LogP contribution in [-0.4, -0.2) is 54.5 Å². The molecule has 11 heteroatoms. The molecule has 1 fully saturated rings. The first-order valence-electron chi connectivity index (χ1n) is 10.3. The number of benzene rings is 1. The van der Waals surface area contributed by atoms with Crippen molar-refractivity contribution in [1.29, 1.82) is 0 Å². The molecule has 0 bridgehead atoms. The van der Waals surface area contributed by atoms with Gasteiger partial charge in [-0.2, -0.15) is 0 Å². The first-order valence-corrected chi connectivity index (χ1v) is 10.3. The van der Waals surface area contributed by atoms with E-state index in [0.717, 1.165) is 5.56 Å². The number of nitrogens with one attached hydrogen (secondary N) is 2. The maximum atomic E-state index is 12.8. The number of carbonyl (C=O) groups excluding carboxylic acids is 4. The van der Waals surface area contributed by atoms with E-state index in [0.29, 0.717) is 29.1 Å². The van der Waals surface area contributed by atoms with Crippen LogP contribution < -0.4 is 10.6 Å². The molecule has 2 aliphatic rings. The number of hydrogen-bond donors (Lipinski definition) is 2. The highest BCUT2D eigenvalue weighted by atomic mass is 16.2. The second-order valence-electron chi connectivity index (χ2n) is 7.88. The number of aryl methyl sites for hydroxylation is 1. The molecule has 166 valence electrons. The van der Waals surface area contributed by atoms with Gasteiger partial charge in [0.15, 0.2) is 5.69 Å². The second-order valence-corrected chi connectivity index (χ2v) is 7.88. The van der Waals surface area contributed by atoms with Crippen molar-refractivity contribution >= 4 is 29.3 Å². The molecule has 11 nitrogen and oxygen atoms in total. The van der Waals surface area contributed by atoms with Crippen molar-refractivity contribution in [2.24, 2.45) is 0 Å². The molecule has 2 aliphatic heterocycles. The van der Waals surface area contributed by atoms with E-state index in [9.17, 15) is 19.2 Å². The van der Waals surface area contributed by atoms with Crippen molar-refractivity contribution in [3.05, 3.63) is 65.2 Å². The van der Waals surface area contributed by atoms with E-state index in [1.165, 1.54) is 15.8 Å². The number of anilines is 1. The van der Waals surface area contributed by atoms with Gasteiger partial charge in [0.1, 0.15) is 6.04 Å². The predicted octanol–water partition coefficient (Wildman–Crippen LogP) is 0.984. The molecule has 4 heterocycles. The molecule has 1 saturated heterocycles. The summed E-state index contributed by atoms with van der Waals surface area (Å²) in [5.41, 5.74) is 3.24. The van der Waals surface area contributed by atoms with Gasteiger partial charge in [0.05, 0.1) is 23.3 Å². The summed E-state index contributed by atoms with van der Waals surface area (Å²) in [6.07, 6.45) is 3.64. The summed E-state index contributed by atoms with van der Waals surface area (Å²) in [5.74, 6) is -1.45. The number of fused-ring (bicyclic) bond motifs is 1. The third-order valence-electron chi connectivity index (χ3n) is 5.75. The van der Waals surface area contributed by atoms with Gasteiger partial charge in [-0.25, -0.2) is 4.68 Å². The highest BCUT2D eigenvalue weighted by Crippen LogP contribution is 2.29. The molecule has 33 heavy (non-hydrogen) atoms. The van der Waals surface area contributed by atoms with E-state index in [2.05, 4.69) is 25.9 Å². The largest absolute Gasteiger partial charge is 0.322 e. The number of imide groups is 1. The quantitative estimate of drug-likeness (QED) is 0.571. The lowest BCUT2D eigenvalue weighted by atomic mass is 10.0. The number of hydrogen-bond acceptors (Lipinski definition) is 7. The molecule has 0 saturated carbocycles. The van der Waals surface area contributed by atoms with Crippen LogP contribution in [0.1, 0.15) is 44.9 Å². The molecule has 4 amide bonds. The van der Waals surface area contributed by atoms with E-state index in [1.54, 1.807) is 43.5 Å². The van der Waals surface area contributed by atoms with Crippen LogP contribution in [-0.2, 0) is 16.1 Å². The number of carbonyl (C=O) groups is 4. The Balaban J connectivity index is 1.34. The van der Waals surface area contributed by atoms with Crippen molar-refractivity contribution in [3.63, 3.8) is 0 Å². The summed E-state index contributed by atoms with van der Waals surface area (Å²) in [5, 5.41) is 13.0. The molecule has 3 aromatic rings. The zero-order valence-electron chi connectivity index (χ0n) is 17.6. The van der Waals surface area contributed by atoms with Gasteiger partial charge in [-0.3, -0.25) is 29.5 Å². The number of amides is 4. The number of piperidine rings is 1. The van der Waals surface area contributed by atoms with Crippen LogP contribution in [0.15, 0.2) is 42.7 Å². The van der Waals surface area contributed by atoms with E-state index in [-0.39, 0.29) is 30.5 Å². The standard InChI is InChI=1S/C22H19N7O4/c1-12-16(3-2-8-23-12)24-20(31)17-11-29(27-26-17)14-4-5-15-13(9-14)10-28(22(15)33)18-6-7-19(30)25-21(18)32/h2-5,8-9,11,18H,6-7,10H2,1H3,(H,24,31)(H,25,30,32). The van der Waals surface area contributed by atoms with Crippen LogP contribution in [0, 0.1) is 6.92 Å². The van der Waals surface area contributed by atoms with Crippen LogP contribution in [0.5, 0.6) is 0 Å². The minimum absolute atomic E-state index is 0.125. The summed E-state index contributed by atoms with van der Waals surface area (Å²) in [6.45, 7) is 2.03. The SMILES string of the molecule is Cc1ncccc1NC(=O)c1cn(-c2ccc3c(c2)CN(C2CCC(=O)NC2=O)C3=O)nn1. The molecule has 1 aromatic carbocycles. The van der Waals surface area contributed by atoms with E-state index < -0.39 is 17.9 Å². The highest BCUT2D eigenvalue weighted by Gasteiger charge is 2.39. The van der Waals surface area contributed by atoms with Gasteiger partial charge in [0, 0.05) is 24.7 Å². The van der Waals surface area contributed by atoms with Gasteiger partial charge in [0.25, 0.3) is 11.8 Å². The summed E-state index contributed by atoms with van der Waals surface area (Å²) < 4.78 is 1.45. The minimum atomic E-state index is -0.677. The summed E-state index contributed by atoms with van der Waals surface area (Å²) in [6, 6.07) is 7.94. The maximum Gasteiger partial charge on any atom is 0.277 e. The van der Waals surface area contributed by atoms with Crippen molar-refractivity contribution in [3.8, 4) is 5.69 Å². The smallest absolute Gasteiger partial charge is 0.277 e. The fourth-order valence-electron chi connectivity index (χ4n) is 4.00. The topological polar surface area (TPSA) is 139 Å². The Hall–Kier alpha value is -4.41. The van der Waals surface area contributed by atoms with Gasteiger partial charge in [0.2, 0.25) is 11.8 Å². The van der Waals surface area contributed by atoms with Crippen LogP contribution in [0.2, 0.25) is 0 Å².